The highest BCUT2D eigenvalue weighted by atomic mass is 19.4. The van der Waals surface area contributed by atoms with E-state index in [1.165, 1.54) is 18.2 Å². The van der Waals surface area contributed by atoms with E-state index in [2.05, 4.69) is 4.98 Å². The van der Waals surface area contributed by atoms with Crippen LogP contribution in [0.25, 0.3) is 0 Å². The predicted molar refractivity (Wildman–Crippen MR) is 64.2 cm³/mol. The zero-order chi connectivity index (χ0) is 14.0. The largest absolute Gasteiger partial charge is 0.425 e. The standard InChI is InChI=1S/C13H13F3N2O/c1-3-18-8-9(2)17-12(18)19-11-7-5-4-6-10(11)13(14,15)16/h4-8H,3H2,1-2H3. The lowest BCUT2D eigenvalue weighted by atomic mass is 10.2. The summed E-state index contributed by atoms with van der Waals surface area (Å²) in [7, 11) is 0. The number of imidazole rings is 1. The summed E-state index contributed by atoms with van der Waals surface area (Å²) in [6, 6.07) is 5.26. The van der Waals surface area contributed by atoms with Gasteiger partial charge in [-0.15, -0.1) is 0 Å². The summed E-state index contributed by atoms with van der Waals surface area (Å²) >= 11 is 0. The minimum atomic E-state index is -4.45. The van der Waals surface area contributed by atoms with Gasteiger partial charge in [0.1, 0.15) is 5.75 Å². The van der Waals surface area contributed by atoms with Crippen molar-refractivity contribution < 1.29 is 17.9 Å². The van der Waals surface area contributed by atoms with Crippen molar-refractivity contribution in [3.8, 4) is 11.8 Å². The van der Waals surface area contributed by atoms with Gasteiger partial charge in [-0.1, -0.05) is 12.1 Å². The average molecular weight is 270 g/mol. The third kappa shape index (κ3) is 2.89. The lowest BCUT2D eigenvalue weighted by molar-refractivity contribution is -0.138. The number of hydrogen-bond acceptors (Lipinski definition) is 2. The van der Waals surface area contributed by atoms with Crippen molar-refractivity contribution in [3.63, 3.8) is 0 Å². The Kier molecular flexibility index (Phi) is 3.50. The highest BCUT2D eigenvalue weighted by Crippen LogP contribution is 2.37. The summed E-state index contributed by atoms with van der Waals surface area (Å²) < 4.78 is 45.5. The van der Waals surface area contributed by atoms with Crippen LogP contribution in [0.3, 0.4) is 0 Å². The van der Waals surface area contributed by atoms with Gasteiger partial charge >= 0.3 is 12.2 Å². The summed E-state index contributed by atoms with van der Waals surface area (Å²) in [6.07, 6.45) is -2.72. The van der Waals surface area contributed by atoms with Crippen LogP contribution < -0.4 is 4.74 Å². The fraction of sp³-hybridized carbons (Fsp3) is 0.308. The fourth-order valence-corrected chi connectivity index (χ4v) is 1.72. The van der Waals surface area contributed by atoms with Crippen molar-refractivity contribution in [2.45, 2.75) is 26.6 Å². The van der Waals surface area contributed by atoms with Crippen LogP contribution in [0.5, 0.6) is 11.8 Å². The summed E-state index contributed by atoms with van der Waals surface area (Å²) in [5.41, 5.74) is -0.111. The van der Waals surface area contributed by atoms with Gasteiger partial charge in [-0.3, -0.25) is 0 Å². The molecule has 1 aromatic carbocycles. The van der Waals surface area contributed by atoms with E-state index in [9.17, 15) is 13.2 Å². The van der Waals surface area contributed by atoms with Gasteiger partial charge in [0.25, 0.3) is 0 Å². The first-order valence-corrected chi connectivity index (χ1v) is 5.79. The van der Waals surface area contributed by atoms with Crippen LogP contribution in [-0.4, -0.2) is 9.55 Å². The van der Waals surface area contributed by atoms with E-state index in [-0.39, 0.29) is 11.8 Å². The van der Waals surface area contributed by atoms with Crippen LogP contribution in [0.4, 0.5) is 13.2 Å². The molecule has 0 saturated carbocycles. The molecule has 0 unspecified atom stereocenters. The first-order valence-electron chi connectivity index (χ1n) is 5.79. The Balaban J connectivity index is 2.38. The zero-order valence-electron chi connectivity index (χ0n) is 10.5. The Morgan fingerprint density at radius 3 is 2.58 bits per heavy atom. The first-order chi connectivity index (χ1) is 8.91. The third-order valence-corrected chi connectivity index (χ3v) is 2.59. The molecule has 1 heterocycles. The molecule has 19 heavy (non-hydrogen) atoms. The Morgan fingerprint density at radius 1 is 1.26 bits per heavy atom. The van der Waals surface area contributed by atoms with Crippen molar-refractivity contribution in [3.05, 3.63) is 41.7 Å². The summed E-state index contributed by atoms with van der Waals surface area (Å²) in [4.78, 5) is 4.07. The minimum absolute atomic E-state index is 0.164. The highest BCUT2D eigenvalue weighted by molar-refractivity contribution is 5.37. The lowest BCUT2D eigenvalue weighted by Gasteiger charge is -2.13. The van der Waals surface area contributed by atoms with E-state index >= 15 is 0 Å². The van der Waals surface area contributed by atoms with Crippen LogP contribution in [0.2, 0.25) is 0 Å². The quantitative estimate of drug-likeness (QED) is 0.842. The molecule has 0 spiro atoms. The molecule has 6 heteroatoms. The summed E-state index contributed by atoms with van der Waals surface area (Å²) in [5, 5.41) is 0. The first kappa shape index (κ1) is 13.5. The van der Waals surface area contributed by atoms with E-state index in [1.807, 2.05) is 6.92 Å². The molecular weight excluding hydrogens is 257 g/mol. The van der Waals surface area contributed by atoms with Crippen LogP contribution in [0.15, 0.2) is 30.5 Å². The van der Waals surface area contributed by atoms with Crippen molar-refractivity contribution in [1.82, 2.24) is 9.55 Å². The Bertz CT molecular complexity index is 576. The number of rotatable bonds is 3. The van der Waals surface area contributed by atoms with Gasteiger partial charge in [0.15, 0.2) is 0 Å². The summed E-state index contributed by atoms with van der Waals surface area (Å²) in [5.74, 6) is -0.240. The highest BCUT2D eigenvalue weighted by Gasteiger charge is 2.34. The number of nitrogens with zero attached hydrogens (tertiary/aromatic N) is 2. The topological polar surface area (TPSA) is 27.1 Å². The SMILES string of the molecule is CCn1cc(C)nc1Oc1ccccc1C(F)(F)F. The van der Waals surface area contributed by atoms with Crippen molar-refractivity contribution in [2.24, 2.45) is 0 Å². The number of benzene rings is 1. The van der Waals surface area contributed by atoms with Crippen molar-refractivity contribution >= 4 is 0 Å². The van der Waals surface area contributed by atoms with Gasteiger partial charge in [0, 0.05) is 12.7 Å². The second kappa shape index (κ2) is 4.95. The smallest absolute Gasteiger partial charge is 0.419 e. The number of para-hydroxylation sites is 1. The molecule has 0 radical (unpaired) electrons. The molecular formula is C13H13F3N2O. The average Bonchev–Trinajstić information content (AvgIpc) is 2.69. The Labute approximate surface area is 108 Å². The number of hydrogen-bond donors (Lipinski definition) is 0. The maximum absolute atomic E-state index is 12.8. The molecule has 0 atom stereocenters. The van der Waals surface area contributed by atoms with Crippen LogP contribution >= 0.6 is 0 Å². The zero-order valence-corrected chi connectivity index (χ0v) is 10.5. The summed E-state index contributed by atoms with van der Waals surface area (Å²) in [6.45, 7) is 4.20. The molecule has 0 N–H and O–H groups in total. The Hall–Kier alpha value is -1.98. The van der Waals surface area contributed by atoms with E-state index in [1.54, 1.807) is 17.7 Å². The molecule has 0 aliphatic rings. The van der Waals surface area contributed by atoms with Crippen LogP contribution in [-0.2, 0) is 12.7 Å². The van der Waals surface area contributed by atoms with Gasteiger partial charge in [-0.2, -0.15) is 13.2 Å². The second-order valence-electron chi connectivity index (χ2n) is 4.05. The molecule has 2 rings (SSSR count). The van der Waals surface area contributed by atoms with Gasteiger partial charge in [-0.25, -0.2) is 4.98 Å². The van der Waals surface area contributed by atoms with E-state index in [0.717, 1.165) is 6.07 Å². The molecule has 0 fully saturated rings. The maximum atomic E-state index is 12.8. The second-order valence-corrected chi connectivity index (χ2v) is 4.05. The van der Waals surface area contributed by atoms with Gasteiger partial charge in [0.05, 0.1) is 11.3 Å². The lowest BCUT2D eigenvalue weighted by Crippen LogP contribution is -2.08. The monoisotopic (exact) mass is 270 g/mol. The maximum Gasteiger partial charge on any atom is 0.419 e. The molecule has 1 aromatic heterocycles. The molecule has 0 aliphatic carbocycles. The minimum Gasteiger partial charge on any atom is -0.425 e. The van der Waals surface area contributed by atoms with E-state index < -0.39 is 11.7 Å². The van der Waals surface area contributed by atoms with E-state index in [4.69, 9.17) is 4.74 Å². The molecule has 0 bridgehead atoms. The molecule has 0 aliphatic heterocycles. The number of aryl methyl sites for hydroxylation is 2. The molecule has 102 valence electrons. The van der Waals surface area contributed by atoms with Gasteiger partial charge < -0.3 is 9.30 Å². The number of alkyl halides is 3. The van der Waals surface area contributed by atoms with Crippen molar-refractivity contribution in [1.29, 1.82) is 0 Å². The normalized spacial score (nSPS) is 11.6. The van der Waals surface area contributed by atoms with Gasteiger partial charge in [-0.05, 0) is 26.0 Å². The third-order valence-electron chi connectivity index (χ3n) is 2.59. The van der Waals surface area contributed by atoms with E-state index in [0.29, 0.717) is 12.2 Å². The Morgan fingerprint density at radius 2 is 1.95 bits per heavy atom. The molecule has 2 aromatic rings. The fourth-order valence-electron chi connectivity index (χ4n) is 1.72. The number of halogens is 3. The van der Waals surface area contributed by atoms with Crippen LogP contribution in [0, 0.1) is 6.92 Å². The molecule has 3 nitrogen and oxygen atoms in total. The van der Waals surface area contributed by atoms with Crippen LogP contribution in [0.1, 0.15) is 18.2 Å². The molecule has 0 amide bonds. The van der Waals surface area contributed by atoms with Crippen molar-refractivity contribution in [2.75, 3.05) is 0 Å². The van der Waals surface area contributed by atoms with Gasteiger partial charge in [0.2, 0.25) is 0 Å². The number of ether oxygens (including phenoxy) is 1. The predicted octanol–water partition coefficient (Wildman–Crippen LogP) is 4.02. The molecule has 0 saturated heterocycles. The number of aromatic nitrogens is 2.